The molecule has 8 nitrogen and oxygen atoms in total. The van der Waals surface area contributed by atoms with Crippen LogP contribution in [0.5, 0.6) is 5.75 Å². The molecule has 0 saturated carbocycles. The van der Waals surface area contributed by atoms with Crippen molar-refractivity contribution in [2.45, 2.75) is 12.5 Å². The van der Waals surface area contributed by atoms with Gasteiger partial charge < -0.3 is 15.4 Å². The highest BCUT2D eigenvalue weighted by Gasteiger charge is 2.28. The van der Waals surface area contributed by atoms with E-state index in [0.29, 0.717) is 28.7 Å². The summed E-state index contributed by atoms with van der Waals surface area (Å²) in [5, 5.41) is 12.3. The maximum atomic E-state index is 12.5. The molecule has 0 fully saturated rings. The van der Waals surface area contributed by atoms with Crippen molar-refractivity contribution in [3.8, 4) is 5.75 Å². The number of aromatic nitrogens is 3. The lowest BCUT2D eigenvalue weighted by atomic mass is 10.1. The van der Waals surface area contributed by atoms with Crippen molar-refractivity contribution in [1.29, 1.82) is 0 Å². The van der Waals surface area contributed by atoms with Crippen molar-refractivity contribution in [1.82, 2.24) is 20.5 Å². The standard InChI is InChI=1S/C19H16ClN5O3/c20-12-7-4-8-14-16(12)23-18(26)13(10-28-14)21-19(27)17-22-15(24-25-17)9-11-5-2-1-3-6-11/h1-8,13H,9-10H2,(H,21,27)(H,23,26)(H,22,24,25). The molecule has 1 unspecified atom stereocenters. The number of halogens is 1. The normalized spacial score (nSPS) is 15.8. The zero-order chi connectivity index (χ0) is 19.5. The number of H-pyrrole nitrogens is 1. The number of rotatable bonds is 4. The Bertz CT molecular complexity index is 1020. The van der Waals surface area contributed by atoms with E-state index in [1.54, 1.807) is 18.2 Å². The van der Waals surface area contributed by atoms with Crippen LogP contribution in [-0.2, 0) is 11.2 Å². The van der Waals surface area contributed by atoms with Crippen molar-refractivity contribution < 1.29 is 14.3 Å². The molecule has 0 spiro atoms. The SMILES string of the molecule is O=C(NC1COc2cccc(Cl)c2NC1=O)c1n[nH]c(Cc2ccccc2)n1. The third-order valence-corrected chi connectivity index (χ3v) is 4.52. The van der Waals surface area contributed by atoms with Crippen molar-refractivity contribution in [3.05, 3.63) is 70.8 Å². The molecular formula is C19H16ClN5O3. The fourth-order valence-electron chi connectivity index (χ4n) is 2.80. The Hall–Kier alpha value is -3.39. The van der Waals surface area contributed by atoms with Crippen molar-refractivity contribution >= 4 is 29.1 Å². The molecule has 0 radical (unpaired) electrons. The van der Waals surface area contributed by atoms with Gasteiger partial charge >= 0.3 is 0 Å². The number of hydrogen-bond acceptors (Lipinski definition) is 5. The lowest BCUT2D eigenvalue weighted by Crippen LogP contribution is -2.46. The first-order chi connectivity index (χ1) is 13.6. The number of nitrogens with zero attached hydrogens (tertiary/aromatic N) is 2. The number of aromatic amines is 1. The minimum Gasteiger partial charge on any atom is -0.489 e. The molecule has 1 aliphatic heterocycles. The van der Waals surface area contributed by atoms with Crippen LogP contribution in [0, 0.1) is 0 Å². The van der Waals surface area contributed by atoms with Crippen molar-refractivity contribution in [3.63, 3.8) is 0 Å². The number of para-hydroxylation sites is 1. The Labute approximate surface area is 165 Å². The van der Waals surface area contributed by atoms with Gasteiger partial charge in [-0.25, -0.2) is 4.98 Å². The van der Waals surface area contributed by atoms with Gasteiger partial charge in [0.25, 0.3) is 11.8 Å². The molecule has 3 aromatic rings. The number of benzene rings is 2. The summed E-state index contributed by atoms with van der Waals surface area (Å²) in [4.78, 5) is 29.1. The van der Waals surface area contributed by atoms with Gasteiger partial charge in [-0.3, -0.25) is 14.7 Å². The Morgan fingerprint density at radius 3 is 2.86 bits per heavy atom. The van der Waals surface area contributed by atoms with E-state index in [1.165, 1.54) is 0 Å². The van der Waals surface area contributed by atoms with E-state index in [9.17, 15) is 9.59 Å². The zero-order valence-electron chi connectivity index (χ0n) is 14.6. The fourth-order valence-corrected chi connectivity index (χ4v) is 3.01. The van der Waals surface area contributed by atoms with Crippen LogP contribution < -0.4 is 15.4 Å². The van der Waals surface area contributed by atoms with Gasteiger partial charge in [0.2, 0.25) is 5.82 Å². The van der Waals surface area contributed by atoms with Gasteiger partial charge in [0.1, 0.15) is 29.9 Å². The van der Waals surface area contributed by atoms with Crippen molar-refractivity contribution in [2.75, 3.05) is 11.9 Å². The van der Waals surface area contributed by atoms with E-state index in [-0.39, 0.29) is 12.4 Å². The Morgan fingerprint density at radius 2 is 2.04 bits per heavy atom. The van der Waals surface area contributed by atoms with Crippen LogP contribution >= 0.6 is 11.6 Å². The van der Waals surface area contributed by atoms with E-state index < -0.39 is 17.9 Å². The molecule has 1 atom stereocenters. The fraction of sp³-hybridized carbons (Fsp3) is 0.158. The predicted molar refractivity (Wildman–Crippen MR) is 102 cm³/mol. The van der Waals surface area contributed by atoms with Gasteiger partial charge in [0.05, 0.1) is 5.02 Å². The number of carbonyl (C=O) groups excluding carboxylic acids is 2. The molecule has 2 aromatic carbocycles. The van der Waals surface area contributed by atoms with Gasteiger partial charge in [-0.1, -0.05) is 48.0 Å². The Kier molecular flexibility index (Phi) is 4.94. The Morgan fingerprint density at radius 1 is 1.21 bits per heavy atom. The van der Waals surface area contributed by atoms with Gasteiger partial charge in [-0.15, -0.1) is 5.10 Å². The second-order valence-corrected chi connectivity index (χ2v) is 6.61. The maximum absolute atomic E-state index is 12.5. The van der Waals surface area contributed by atoms with Crippen LogP contribution in [0.25, 0.3) is 0 Å². The number of hydrogen-bond donors (Lipinski definition) is 3. The van der Waals surface area contributed by atoms with Crippen LogP contribution in [-0.4, -0.2) is 39.6 Å². The summed E-state index contributed by atoms with van der Waals surface area (Å²) < 4.78 is 5.60. The summed E-state index contributed by atoms with van der Waals surface area (Å²) in [6.07, 6.45) is 0.516. The number of anilines is 1. The molecule has 28 heavy (non-hydrogen) atoms. The average Bonchev–Trinajstić information content (AvgIpc) is 3.10. The number of carbonyl (C=O) groups is 2. The number of fused-ring (bicyclic) bond motifs is 1. The molecule has 142 valence electrons. The third kappa shape index (κ3) is 3.81. The van der Waals surface area contributed by atoms with Gasteiger partial charge in [0, 0.05) is 6.42 Å². The van der Waals surface area contributed by atoms with Crippen LogP contribution in [0.1, 0.15) is 22.0 Å². The molecule has 9 heteroatoms. The lowest BCUT2D eigenvalue weighted by Gasteiger charge is -2.13. The zero-order valence-corrected chi connectivity index (χ0v) is 15.4. The van der Waals surface area contributed by atoms with Gasteiger partial charge in [-0.2, -0.15) is 0 Å². The quantitative estimate of drug-likeness (QED) is 0.625. The molecule has 4 rings (SSSR count). The minimum atomic E-state index is -0.910. The van der Waals surface area contributed by atoms with Crippen LogP contribution in [0.3, 0.4) is 0 Å². The minimum absolute atomic E-state index is 0.0355. The monoisotopic (exact) mass is 397 g/mol. The smallest absolute Gasteiger partial charge is 0.291 e. The number of nitrogens with one attached hydrogen (secondary N) is 3. The highest BCUT2D eigenvalue weighted by Crippen LogP contribution is 2.33. The van der Waals surface area contributed by atoms with E-state index >= 15 is 0 Å². The molecule has 0 bridgehead atoms. The van der Waals surface area contributed by atoms with Gasteiger partial charge in [0.15, 0.2) is 0 Å². The first-order valence-corrected chi connectivity index (χ1v) is 8.96. The molecular weight excluding hydrogens is 382 g/mol. The predicted octanol–water partition coefficient (Wildman–Crippen LogP) is 2.18. The summed E-state index contributed by atoms with van der Waals surface area (Å²) >= 11 is 6.09. The first-order valence-electron chi connectivity index (χ1n) is 8.58. The molecule has 2 heterocycles. The molecule has 0 aliphatic carbocycles. The van der Waals surface area contributed by atoms with E-state index in [4.69, 9.17) is 16.3 Å². The summed E-state index contributed by atoms with van der Waals surface area (Å²) in [5.41, 5.74) is 1.42. The highest BCUT2D eigenvalue weighted by molar-refractivity contribution is 6.34. The molecule has 3 N–H and O–H groups in total. The highest BCUT2D eigenvalue weighted by atomic mass is 35.5. The van der Waals surface area contributed by atoms with E-state index in [1.807, 2.05) is 30.3 Å². The second kappa shape index (κ2) is 7.69. The Balaban J connectivity index is 1.43. The summed E-state index contributed by atoms with van der Waals surface area (Å²) in [5.74, 6) is -0.0483. The molecule has 1 aliphatic rings. The first kappa shape index (κ1) is 18.0. The van der Waals surface area contributed by atoms with E-state index in [0.717, 1.165) is 5.56 Å². The van der Waals surface area contributed by atoms with E-state index in [2.05, 4.69) is 25.8 Å². The topological polar surface area (TPSA) is 109 Å². The largest absolute Gasteiger partial charge is 0.489 e. The lowest BCUT2D eigenvalue weighted by molar-refractivity contribution is -0.118. The van der Waals surface area contributed by atoms with Crippen LogP contribution in [0.2, 0.25) is 5.02 Å². The van der Waals surface area contributed by atoms with Crippen molar-refractivity contribution in [2.24, 2.45) is 0 Å². The molecule has 2 amide bonds. The summed E-state index contributed by atoms with van der Waals surface area (Å²) in [6, 6.07) is 13.8. The second-order valence-electron chi connectivity index (χ2n) is 6.21. The number of amides is 2. The molecule has 1 aromatic heterocycles. The average molecular weight is 398 g/mol. The molecule has 0 saturated heterocycles. The number of ether oxygens (including phenoxy) is 1. The third-order valence-electron chi connectivity index (χ3n) is 4.20. The van der Waals surface area contributed by atoms with Gasteiger partial charge in [-0.05, 0) is 17.7 Å². The summed E-state index contributed by atoms with van der Waals surface area (Å²) in [6.45, 7) is -0.0355. The van der Waals surface area contributed by atoms with Crippen LogP contribution in [0.15, 0.2) is 48.5 Å². The summed E-state index contributed by atoms with van der Waals surface area (Å²) in [7, 11) is 0. The van der Waals surface area contributed by atoms with Crippen LogP contribution in [0.4, 0.5) is 5.69 Å². The maximum Gasteiger partial charge on any atom is 0.291 e.